The number of hydrogen-bond donors (Lipinski definition) is 2. The van der Waals surface area contributed by atoms with Gasteiger partial charge < -0.3 is 11.5 Å². The topological polar surface area (TPSA) is 82.0 Å². The zero-order valence-corrected chi connectivity index (χ0v) is 9.97. The summed E-state index contributed by atoms with van der Waals surface area (Å²) in [6.45, 7) is 0.476. The third-order valence-electron chi connectivity index (χ3n) is 2.80. The van der Waals surface area contributed by atoms with Crippen molar-refractivity contribution in [1.82, 2.24) is 4.98 Å². The number of nitrogen functional groups attached to an aromatic ring is 1. The van der Waals surface area contributed by atoms with Gasteiger partial charge in [0, 0.05) is 42.2 Å². The quantitative estimate of drug-likeness (QED) is 0.796. The molecule has 0 atom stereocenters. The van der Waals surface area contributed by atoms with E-state index in [1.165, 1.54) is 0 Å². The fourth-order valence-electron chi connectivity index (χ4n) is 1.69. The van der Waals surface area contributed by atoms with Crippen LogP contribution in [0.2, 0.25) is 0 Å². The Morgan fingerprint density at radius 3 is 2.50 bits per heavy atom. The minimum Gasteiger partial charge on any atom is -0.398 e. The summed E-state index contributed by atoms with van der Waals surface area (Å²) in [7, 11) is 0. The molecular weight excluding hydrogens is 226 g/mol. The molecule has 4 N–H and O–H groups in total. The normalized spacial score (nSPS) is 10.3. The van der Waals surface area contributed by atoms with Crippen LogP contribution in [0.3, 0.4) is 0 Å². The summed E-state index contributed by atoms with van der Waals surface area (Å²) in [5.41, 5.74) is 14.3. The van der Waals surface area contributed by atoms with Crippen molar-refractivity contribution in [3.8, 4) is 0 Å². The van der Waals surface area contributed by atoms with Crippen LogP contribution in [0.15, 0.2) is 42.7 Å². The van der Waals surface area contributed by atoms with E-state index in [0.29, 0.717) is 17.8 Å². The molecule has 0 aliphatic heterocycles. The number of aromatic nitrogens is 1. The summed E-state index contributed by atoms with van der Waals surface area (Å²) in [5.74, 6) is 0.0262. The van der Waals surface area contributed by atoms with Crippen molar-refractivity contribution in [3.63, 3.8) is 0 Å². The number of nitrogens with two attached hydrogens (primary N) is 2. The Labute approximate surface area is 106 Å². The molecule has 18 heavy (non-hydrogen) atoms. The molecule has 1 aromatic carbocycles. The first-order valence-corrected chi connectivity index (χ1v) is 5.71. The first-order chi connectivity index (χ1) is 8.70. The van der Waals surface area contributed by atoms with Crippen molar-refractivity contribution in [2.45, 2.75) is 13.0 Å². The molecule has 0 amide bonds. The van der Waals surface area contributed by atoms with Crippen molar-refractivity contribution < 1.29 is 4.79 Å². The molecule has 0 spiro atoms. The Balaban J connectivity index is 2.14. The maximum absolute atomic E-state index is 12.1. The van der Waals surface area contributed by atoms with Crippen molar-refractivity contribution in [3.05, 3.63) is 59.4 Å². The van der Waals surface area contributed by atoms with Crippen LogP contribution in [0.5, 0.6) is 0 Å². The van der Waals surface area contributed by atoms with Crippen LogP contribution in [0, 0.1) is 0 Å². The predicted octanol–water partition coefficient (Wildman–Crippen LogP) is 1.55. The number of benzene rings is 1. The summed E-state index contributed by atoms with van der Waals surface area (Å²) in [4.78, 5) is 16.0. The van der Waals surface area contributed by atoms with Gasteiger partial charge in [0.1, 0.15) is 0 Å². The monoisotopic (exact) mass is 241 g/mol. The maximum atomic E-state index is 12.1. The third-order valence-corrected chi connectivity index (χ3v) is 2.80. The van der Waals surface area contributed by atoms with E-state index in [9.17, 15) is 4.79 Å². The van der Waals surface area contributed by atoms with E-state index in [1.807, 2.05) is 12.1 Å². The van der Waals surface area contributed by atoms with Crippen LogP contribution in [0.25, 0.3) is 0 Å². The lowest BCUT2D eigenvalue weighted by atomic mass is 10.0. The molecule has 0 fully saturated rings. The molecule has 0 saturated carbocycles. The average molecular weight is 241 g/mol. The van der Waals surface area contributed by atoms with Gasteiger partial charge in [-0.3, -0.25) is 9.78 Å². The van der Waals surface area contributed by atoms with Gasteiger partial charge in [-0.05, 0) is 11.6 Å². The fraction of sp³-hybridized carbons (Fsp3) is 0.143. The zero-order valence-electron chi connectivity index (χ0n) is 9.97. The molecule has 1 aromatic heterocycles. The van der Waals surface area contributed by atoms with Crippen LogP contribution in [-0.4, -0.2) is 10.8 Å². The number of rotatable bonds is 4. The van der Waals surface area contributed by atoms with Crippen molar-refractivity contribution in [2.24, 2.45) is 5.73 Å². The largest absolute Gasteiger partial charge is 0.398 e. The molecular formula is C14H15N3O. The number of pyridine rings is 1. The molecule has 1 heterocycles. The Kier molecular flexibility index (Phi) is 3.69. The van der Waals surface area contributed by atoms with Gasteiger partial charge >= 0.3 is 0 Å². The van der Waals surface area contributed by atoms with Gasteiger partial charge in [0.05, 0.1) is 0 Å². The van der Waals surface area contributed by atoms with Gasteiger partial charge in [-0.2, -0.15) is 0 Å². The number of ketones is 1. The van der Waals surface area contributed by atoms with Crippen LogP contribution in [-0.2, 0) is 13.0 Å². The number of Topliss-reactive ketones (excluding diaryl/α,β-unsaturated/α-hetero) is 1. The van der Waals surface area contributed by atoms with Crippen molar-refractivity contribution in [1.29, 1.82) is 0 Å². The second-order valence-electron chi connectivity index (χ2n) is 4.08. The lowest BCUT2D eigenvalue weighted by Gasteiger charge is -2.05. The van der Waals surface area contributed by atoms with E-state index in [-0.39, 0.29) is 12.2 Å². The average Bonchev–Trinajstić information content (AvgIpc) is 2.41. The molecule has 2 aromatic rings. The van der Waals surface area contributed by atoms with Gasteiger partial charge in [0.2, 0.25) is 0 Å². The summed E-state index contributed by atoms with van der Waals surface area (Å²) >= 11 is 0. The number of hydrogen-bond acceptors (Lipinski definition) is 4. The van der Waals surface area contributed by atoms with Crippen LogP contribution in [0.4, 0.5) is 5.69 Å². The third kappa shape index (κ3) is 2.73. The van der Waals surface area contributed by atoms with Gasteiger partial charge in [-0.1, -0.05) is 24.3 Å². The van der Waals surface area contributed by atoms with Crippen LogP contribution >= 0.6 is 0 Å². The Morgan fingerprint density at radius 1 is 1.17 bits per heavy atom. The summed E-state index contributed by atoms with van der Waals surface area (Å²) in [5, 5.41) is 0. The molecule has 0 saturated heterocycles. The molecule has 0 unspecified atom stereocenters. The second kappa shape index (κ2) is 5.42. The van der Waals surface area contributed by atoms with E-state index in [1.54, 1.807) is 30.6 Å². The molecule has 0 bridgehead atoms. The summed E-state index contributed by atoms with van der Waals surface area (Å²) in [6, 6.07) is 8.99. The van der Waals surface area contributed by atoms with Gasteiger partial charge in [-0.15, -0.1) is 0 Å². The molecule has 2 rings (SSSR count). The van der Waals surface area contributed by atoms with Crippen LogP contribution < -0.4 is 11.5 Å². The SMILES string of the molecule is NCc1ccc(C(=O)Cc2cnccc2N)cc1. The fourth-order valence-corrected chi connectivity index (χ4v) is 1.69. The predicted molar refractivity (Wildman–Crippen MR) is 71.0 cm³/mol. The molecule has 4 nitrogen and oxygen atoms in total. The zero-order chi connectivity index (χ0) is 13.0. The molecule has 0 radical (unpaired) electrons. The molecule has 4 heteroatoms. The van der Waals surface area contributed by atoms with Gasteiger partial charge in [0.15, 0.2) is 5.78 Å². The number of carbonyl (C=O) groups is 1. The number of nitrogens with zero attached hydrogens (tertiary/aromatic N) is 1. The second-order valence-corrected chi connectivity index (χ2v) is 4.08. The van der Waals surface area contributed by atoms with E-state index < -0.39 is 0 Å². The van der Waals surface area contributed by atoms with Crippen LogP contribution in [0.1, 0.15) is 21.5 Å². The highest BCUT2D eigenvalue weighted by Gasteiger charge is 2.09. The Hall–Kier alpha value is -2.20. The lowest BCUT2D eigenvalue weighted by Crippen LogP contribution is -2.06. The highest BCUT2D eigenvalue weighted by molar-refractivity contribution is 5.98. The van der Waals surface area contributed by atoms with Gasteiger partial charge in [0.25, 0.3) is 0 Å². The van der Waals surface area contributed by atoms with Gasteiger partial charge in [-0.25, -0.2) is 0 Å². The lowest BCUT2D eigenvalue weighted by molar-refractivity contribution is 0.0993. The smallest absolute Gasteiger partial charge is 0.167 e. The Bertz CT molecular complexity index is 549. The van der Waals surface area contributed by atoms with E-state index in [2.05, 4.69) is 4.98 Å². The first kappa shape index (κ1) is 12.3. The maximum Gasteiger partial charge on any atom is 0.167 e. The van der Waals surface area contributed by atoms with E-state index in [4.69, 9.17) is 11.5 Å². The number of carbonyl (C=O) groups excluding carboxylic acids is 1. The highest BCUT2D eigenvalue weighted by atomic mass is 16.1. The minimum absolute atomic E-state index is 0.0262. The summed E-state index contributed by atoms with van der Waals surface area (Å²) in [6.07, 6.45) is 3.50. The Morgan fingerprint density at radius 2 is 1.89 bits per heavy atom. The standard InChI is InChI=1S/C14H15N3O/c15-8-10-1-3-11(4-2-10)14(18)7-12-9-17-6-5-13(12)16/h1-6,9H,7-8,15H2,(H2,16,17). The number of anilines is 1. The molecule has 0 aliphatic rings. The minimum atomic E-state index is 0.0262. The van der Waals surface area contributed by atoms with E-state index >= 15 is 0 Å². The van der Waals surface area contributed by atoms with E-state index in [0.717, 1.165) is 11.1 Å². The summed E-state index contributed by atoms with van der Waals surface area (Å²) < 4.78 is 0. The molecule has 0 aliphatic carbocycles. The first-order valence-electron chi connectivity index (χ1n) is 5.71. The van der Waals surface area contributed by atoms with Crippen molar-refractivity contribution >= 4 is 11.5 Å². The molecule has 92 valence electrons. The van der Waals surface area contributed by atoms with Crippen molar-refractivity contribution in [2.75, 3.05) is 5.73 Å². The highest BCUT2D eigenvalue weighted by Crippen LogP contribution is 2.13.